The monoisotopic (exact) mass is 198 g/mol. The average molecular weight is 198 g/mol. The normalized spacial score (nSPS) is 9.67. The number of rotatable bonds is 3. The van der Waals surface area contributed by atoms with E-state index in [1.807, 2.05) is 36.4 Å². The van der Waals surface area contributed by atoms with Gasteiger partial charge in [-0.25, -0.2) is 0 Å². The maximum Gasteiger partial charge on any atom is 0.569 e. The molecule has 0 spiro atoms. The highest BCUT2D eigenvalue weighted by Gasteiger charge is 2.00. The molecule has 1 heterocycles. The van der Waals surface area contributed by atoms with Crippen LogP contribution in [0.15, 0.2) is 48.7 Å². The molecule has 1 N–H and O–H groups in total. The quantitative estimate of drug-likeness (QED) is 0.762. The predicted octanol–water partition coefficient (Wildman–Crippen LogP) is 1.65. The van der Waals surface area contributed by atoms with Crippen molar-refractivity contribution in [1.29, 1.82) is 0 Å². The summed E-state index contributed by atoms with van der Waals surface area (Å²) in [7, 11) is 0.664. The number of benzene rings is 1. The Morgan fingerprint density at radius 3 is 2.80 bits per heavy atom. The first-order chi connectivity index (χ1) is 7.40. The van der Waals surface area contributed by atoms with Gasteiger partial charge in [-0.1, -0.05) is 18.2 Å². The molecule has 0 saturated heterocycles. The summed E-state index contributed by atoms with van der Waals surface area (Å²) in [5.74, 6) is 0.584. The molecule has 0 saturated carbocycles. The molecule has 1 aromatic heterocycles. The topological polar surface area (TPSA) is 42.4 Å². The number of hydrogen-bond acceptors (Lipinski definition) is 3. The van der Waals surface area contributed by atoms with Crippen LogP contribution >= 0.6 is 0 Å². The molecule has 0 aliphatic heterocycles. The minimum absolute atomic E-state index is 0.584. The molecule has 0 bridgehead atoms. The molecule has 2 rings (SSSR count). The highest BCUT2D eigenvalue weighted by Crippen LogP contribution is 2.21. The van der Waals surface area contributed by atoms with Crippen LogP contribution in [0.25, 0.3) is 11.3 Å². The number of aromatic nitrogens is 1. The Kier molecular flexibility index (Phi) is 3.00. The number of pyridine rings is 1. The van der Waals surface area contributed by atoms with Crippen LogP contribution in [0, 0.1) is 0 Å². The van der Waals surface area contributed by atoms with Gasteiger partial charge in [0.05, 0.1) is 5.69 Å². The lowest BCUT2D eigenvalue weighted by Gasteiger charge is -2.04. The van der Waals surface area contributed by atoms with Gasteiger partial charge >= 0.3 is 7.69 Å². The first-order valence-corrected chi connectivity index (χ1v) is 4.54. The van der Waals surface area contributed by atoms with Gasteiger partial charge in [-0.05, 0) is 24.3 Å². The molecule has 1 aromatic carbocycles. The van der Waals surface area contributed by atoms with E-state index < -0.39 is 0 Å². The Balaban J connectivity index is 2.33. The summed E-state index contributed by atoms with van der Waals surface area (Å²) in [6, 6.07) is 13.1. The standard InChI is InChI=1S/C11H9BNO2/c14-12-15-10-5-3-4-9(8-10)11-6-1-2-7-13-11/h1-8,14H. The number of nitrogens with zero attached hydrogens (tertiary/aromatic N) is 1. The highest BCUT2D eigenvalue weighted by molar-refractivity contribution is 6.17. The largest absolute Gasteiger partial charge is 0.569 e. The van der Waals surface area contributed by atoms with E-state index in [4.69, 9.17) is 9.68 Å². The van der Waals surface area contributed by atoms with Gasteiger partial charge in [-0.2, -0.15) is 0 Å². The van der Waals surface area contributed by atoms with Crippen molar-refractivity contribution in [3.63, 3.8) is 0 Å². The Labute approximate surface area is 88.7 Å². The van der Waals surface area contributed by atoms with Crippen LogP contribution in [0.2, 0.25) is 0 Å². The molecular formula is C11H9BNO2. The van der Waals surface area contributed by atoms with Gasteiger partial charge in [0.15, 0.2) is 0 Å². The molecule has 0 fully saturated rings. The van der Waals surface area contributed by atoms with E-state index in [2.05, 4.69) is 4.98 Å². The van der Waals surface area contributed by atoms with Crippen LogP contribution in [0.4, 0.5) is 0 Å². The van der Waals surface area contributed by atoms with Crippen LogP contribution < -0.4 is 4.65 Å². The first kappa shape index (κ1) is 9.74. The van der Waals surface area contributed by atoms with E-state index in [-0.39, 0.29) is 0 Å². The second kappa shape index (κ2) is 4.62. The van der Waals surface area contributed by atoms with Gasteiger partial charge in [-0.15, -0.1) is 0 Å². The Morgan fingerprint density at radius 2 is 2.07 bits per heavy atom. The van der Waals surface area contributed by atoms with E-state index in [0.717, 1.165) is 11.3 Å². The second-order valence-corrected chi connectivity index (χ2v) is 2.97. The van der Waals surface area contributed by atoms with E-state index in [1.165, 1.54) is 0 Å². The lowest BCUT2D eigenvalue weighted by molar-refractivity contribution is 0.454. The molecule has 1 radical (unpaired) electrons. The fourth-order valence-electron chi connectivity index (χ4n) is 1.32. The molecule has 0 atom stereocenters. The molecule has 15 heavy (non-hydrogen) atoms. The molecule has 0 aliphatic rings. The molecule has 0 unspecified atom stereocenters. The minimum atomic E-state index is 0.584. The van der Waals surface area contributed by atoms with Gasteiger partial charge < -0.3 is 9.68 Å². The lowest BCUT2D eigenvalue weighted by atomic mass is 10.1. The van der Waals surface area contributed by atoms with Crippen molar-refractivity contribution in [2.75, 3.05) is 0 Å². The van der Waals surface area contributed by atoms with Crippen molar-refractivity contribution in [3.8, 4) is 17.0 Å². The number of hydrogen-bond donors (Lipinski definition) is 1. The predicted molar refractivity (Wildman–Crippen MR) is 58.3 cm³/mol. The van der Waals surface area contributed by atoms with Crippen molar-refractivity contribution in [2.45, 2.75) is 0 Å². The van der Waals surface area contributed by atoms with Crippen molar-refractivity contribution in [3.05, 3.63) is 48.7 Å². The molecule has 2 aromatic rings. The first-order valence-electron chi connectivity index (χ1n) is 4.54. The van der Waals surface area contributed by atoms with Crippen LogP contribution in [-0.2, 0) is 0 Å². The fourth-order valence-corrected chi connectivity index (χ4v) is 1.32. The Morgan fingerprint density at radius 1 is 1.13 bits per heavy atom. The molecule has 0 aliphatic carbocycles. The maximum atomic E-state index is 8.52. The summed E-state index contributed by atoms with van der Waals surface area (Å²) in [5, 5.41) is 8.52. The smallest absolute Gasteiger partial charge is 0.537 e. The van der Waals surface area contributed by atoms with E-state index in [0.29, 0.717) is 13.4 Å². The Bertz CT molecular complexity index is 434. The highest BCUT2D eigenvalue weighted by atomic mass is 16.5. The SMILES string of the molecule is O[B]Oc1cccc(-c2ccccn2)c1. The third kappa shape index (κ3) is 2.36. The lowest BCUT2D eigenvalue weighted by Crippen LogP contribution is -1.99. The van der Waals surface area contributed by atoms with Crippen molar-refractivity contribution in [1.82, 2.24) is 4.98 Å². The van der Waals surface area contributed by atoms with Gasteiger partial charge in [-0.3, -0.25) is 4.98 Å². The van der Waals surface area contributed by atoms with Crippen LogP contribution in [0.3, 0.4) is 0 Å². The van der Waals surface area contributed by atoms with Gasteiger partial charge in [0.25, 0.3) is 0 Å². The maximum absolute atomic E-state index is 8.52. The summed E-state index contributed by atoms with van der Waals surface area (Å²) in [6.07, 6.45) is 1.74. The summed E-state index contributed by atoms with van der Waals surface area (Å²) in [5.41, 5.74) is 1.83. The zero-order valence-electron chi connectivity index (χ0n) is 8.00. The fraction of sp³-hybridized carbons (Fsp3) is 0. The third-order valence-corrected chi connectivity index (χ3v) is 1.98. The molecule has 0 amide bonds. The summed E-state index contributed by atoms with van der Waals surface area (Å²) in [4.78, 5) is 4.22. The third-order valence-electron chi connectivity index (χ3n) is 1.98. The van der Waals surface area contributed by atoms with Crippen molar-refractivity contribution >= 4 is 7.69 Å². The molecular weight excluding hydrogens is 189 g/mol. The van der Waals surface area contributed by atoms with Crippen molar-refractivity contribution < 1.29 is 9.68 Å². The second-order valence-electron chi connectivity index (χ2n) is 2.97. The average Bonchev–Trinajstić information content (AvgIpc) is 2.31. The zero-order chi connectivity index (χ0) is 10.5. The van der Waals surface area contributed by atoms with Crippen LogP contribution in [0.5, 0.6) is 5.75 Å². The zero-order valence-corrected chi connectivity index (χ0v) is 8.00. The van der Waals surface area contributed by atoms with E-state index in [9.17, 15) is 0 Å². The van der Waals surface area contributed by atoms with Crippen LogP contribution in [-0.4, -0.2) is 17.7 Å². The molecule has 3 nitrogen and oxygen atoms in total. The van der Waals surface area contributed by atoms with Gasteiger partial charge in [0, 0.05) is 11.8 Å². The van der Waals surface area contributed by atoms with E-state index in [1.54, 1.807) is 12.3 Å². The summed E-state index contributed by atoms with van der Waals surface area (Å²) >= 11 is 0. The van der Waals surface area contributed by atoms with Gasteiger partial charge in [0.2, 0.25) is 0 Å². The van der Waals surface area contributed by atoms with Crippen molar-refractivity contribution in [2.24, 2.45) is 0 Å². The summed E-state index contributed by atoms with van der Waals surface area (Å²) < 4.78 is 4.87. The summed E-state index contributed by atoms with van der Waals surface area (Å²) in [6.45, 7) is 0. The van der Waals surface area contributed by atoms with Gasteiger partial charge in [0.1, 0.15) is 5.75 Å². The van der Waals surface area contributed by atoms with Crippen LogP contribution in [0.1, 0.15) is 0 Å². The minimum Gasteiger partial charge on any atom is -0.537 e. The molecule has 4 heteroatoms. The van der Waals surface area contributed by atoms with E-state index >= 15 is 0 Å². The molecule has 73 valence electrons. The Hall–Kier alpha value is -1.81.